The van der Waals surface area contributed by atoms with Gasteiger partial charge in [0.15, 0.2) is 5.54 Å². The summed E-state index contributed by atoms with van der Waals surface area (Å²) in [5, 5.41) is 21.3. The van der Waals surface area contributed by atoms with Gasteiger partial charge in [-0.2, -0.15) is 0 Å². The lowest BCUT2D eigenvalue weighted by molar-refractivity contribution is -0.145. The summed E-state index contributed by atoms with van der Waals surface area (Å²) in [5.74, 6) is -1.89. The monoisotopic (exact) mass is 435 g/mol. The molecule has 0 aromatic heterocycles. The van der Waals surface area contributed by atoms with Gasteiger partial charge in [0.2, 0.25) is 0 Å². The highest BCUT2D eigenvalue weighted by Gasteiger charge is 2.48. The van der Waals surface area contributed by atoms with Crippen molar-refractivity contribution in [1.82, 2.24) is 0 Å². The molecule has 33 heavy (non-hydrogen) atoms. The summed E-state index contributed by atoms with van der Waals surface area (Å²) in [6.07, 6.45) is 0. The van der Waals surface area contributed by atoms with E-state index in [0.29, 0.717) is 5.71 Å². The van der Waals surface area contributed by atoms with Crippen molar-refractivity contribution in [2.45, 2.75) is 11.5 Å². The maximum absolute atomic E-state index is 13.0. The molecule has 4 heteroatoms. The number of carboxylic acid groups (broad SMARTS) is 1. The molecule has 0 radical (unpaired) electrons. The van der Waals surface area contributed by atoms with Gasteiger partial charge in [-0.15, -0.1) is 0 Å². The van der Waals surface area contributed by atoms with E-state index in [1.165, 1.54) is 0 Å². The lowest BCUT2D eigenvalue weighted by Gasteiger charge is -2.34. The van der Waals surface area contributed by atoms with Crippen molar-refractivity contribution in [1.29, 1.82) is 0 Å². The van der Waals surface area contributed by atoms with E-state index in [4.69, 9.17) is 4.99 Å². The number of rotatable bonds is 8. The highest BCUT2D eigenvalue weighted by Crippen LogP contribution is 2.39. The van der Waals surface area contributed by atoms with Gasteiger partial charge in [-0.05, 0) is 11.1 Å². The fourth-order valence-corrected chi connectivity index (χ4v) is 4.15. The van der Waals surface area contributed by atoms with E-state index in [2.05, 4.69) is 0 Å². The van der Waals surface area contributed by atoms with E-state index < -0.39 is 24.0 Å². The predicted octanol–water partition coefficient (Wildman–Crippen LogP) is 5.17. The summed E-state index contributed by atoms with van der Waals surface area (Å²) < 4.78 is 0. The molecule has 4 aromatic rings. The molecule has 0 fully saturated rings. The van der Waals surface area contributed by atoms with Gasteiger partial charge in [0.1, 0.15) is 0 Å². The van der Waals surface area contributed by atoms with Crippen LogP contribution in [0, 0.1) is 0 Å². The van der Waals surface area contributed by atoms with Crippen LogP contribution in [0.5, 0.6) is 0 Å². The number of hydrogen-bond donors (Lipinski definition) is 2. The first-order valence-electron chi connectivity index (χ1n) is 10.8. The Morgan fingerprint density at radius 3 is 1.36 bits per heavy atom. The smallest absolute Gasteiger partial charge is 0.335 e. The van der Waals surface area contributed by atoms with Crippen molar-refractivity contribution in [2.75, 3.05) is 6.61 Å². The SMILES string of the molecule is O=C(O)C(CO)(N=C(c1ccccc1)c1ccccc1)C(c1ccccc1)c1ccccc1. The first-order valence-corrected chi connectivity index (χ1v) is 10.8. The number of aliphatic hydroxyl groups is 1. The second-order valence-corrected chi connectivity index (χ2v) is 7.83. The average Bonchev–Trinajstić information content (AvgIpc) is 2.88. The van der Waals surface area contributed by atoms with Crippen LogP contribution in [0.25, 0.3) is 0 Å². The fraction of sp³-hybridized carbons (Fsp3) is 0.103. The van der Waals surface area contributed by atoms with E-state index in [9.17, 15) is 15.0 Å². The Morgan fingerprint density at radius 2 is 1.03 bits per heavy atom. The first kappa shape index (κ1) is 22.2. The Balaban J connectivity index is 2.02. The third-order valence-corrected chi connectivity index (χ3v) is 5.76. The lowest BCUT2D eigenvalue weighted by Crippen LogP contribution is -2.47. The van der Waals surface area contributed by atoms with Crippen molar-refractivity contribution in [3.63, 3.8) is 0 Å². The topological polar surface area (TPSA) is 69.9 Å². The van der Waals surface area contributed by atoms with Crippen LogP contribution in [0.3, 0.4) is 0 Å². The Labute approximate surface area is 193 Å². The zero-order valence-electron chi connectivity index (χ0n) is 18.1. The van der Waals surface area contributed by atoms with Gasteiger partial charge in [0.05, 0.1) is 12.3 Å². The third kappa shape index (κ3) is 4.61. The first-order chi connectivity index (χ1) is 16.2. The minimum atomic E-state index is -1.84. The highest BCUT2D eigenvalue weighted by atomic mass is 16.4. The zero-order chi connectivity index (χ0) is 23.1. The van der Waals surface area contributed by atoms with Crippen LogP contribution >= 0.6 is 0 Å². The molecule has 0 aliphatic carbocycles. The second kappa shape index (κ2) is 10.1. The van der Waals surface area contributed by atoms with Crippen LogP contribution in [0.1, 0.15) is 28.2 Å². The van der Waals surface area contributed by atoms with E-state index in [-0.39, 0.29) is 0 Å². The molecule has 2 N–H and O–H groups in total. The van der Waals surface area contributed by atoms with E-state index in [1.807, 2.05) is 121 Å². The van der Waals surface area contributed by atoms with E-state index in [1.54, 1.807) is 0 Å². The number of hydrogen-bond acceptors (Lipinski definition) is 3. The Bertz CT molecular complexity index is 1130. The van der Waals surface area contributed by atoms with Gasteiger partial charge in [-0.1, -0.05) is 121 Å². The summed E-state index contributed by atoms with van der Waals surface area (Å²) in [6.45, 7) is -0.667. The van der Waals surface area contributed by atoms with Crippen molar-refractivity contribution < 1.29 is 15.0 Å². The van der Waals surface area contributed by atoms with Crippen LogP contribution in [0.2, 0.25) is 0 Å². The summed E-state index contributed by atoms with van der Waals surface area (Å²) in [7, 11) is 0. The Hall–Kier alpha value is -4.02. The minimum Gasteiger partial charge on any atom is -0.479 e. The van der Waals surface area contributed by atoms with Crippen molar-refractivity contribution >= 4 is 11.7 Å². The summed E-state index contributed by atoms with van der Waals surface area (Å²) >= 11 is 0. The third-order valence-electron chi connectivity index (χ3n) is 5.76. The molecule has 0 amide bonds. The molecular formula is C29H25NO3. The predicted molar refractivity (Wildman–Crippen MR) is 131 cm³/mol. The number of benzene rings is 4. The largest absolute Gasteiger partial charge is 0.479 e. The zero-order valence-corrected chi connectivity index (χ0v) is 18.1. The molecule has 0 saturated carbocycles. The average molecular weight is 436 g/mol. The normalized spacial score (nSPS) is 12.7. The number of nitrogens with zero attached hydrogens (tertiary/aromatic N) is 1. The van der Waals surface area contributed by atoms with Crippen LogP contribution in [0.4, 0.5) is 0 Å². The summed E-state index contributed by atoms with van der Waals surface area (Å²) in [6, 6.07) is 37.7. The van der Waals surface area contributed by atoms with Gasteiger partial charge >= 0.3 is 5.97 Å². The van der Waals surface area contributed by atoms with Gasteiger partial charge in [0.25, 0.3) is 0 Å². The quantitative estimate of drug-likeness (QED) is 0.375. The molecule has 0 aliphatic rings. The fourth-order valence-electron chi connectivity index (χ4n) is 4.15. The van der Waals surface area contributed by atoms with Crippen LogP contribution < -0.4 is 0 Å². The molecule has 0 spiro atoms. The number of aliphatic imine (C=N–C) groups is 1. The number of carbonyl (C=O) groups is 1. The molecule has 0 saturated heterocycles. The Morgan fingerprint density at radius 1 is 0.667 bits per heavy atom. The van der Waals surface area contributed by atoms with E-state index >= 15 is 0 Å². The molecular weight excluding hydrogens is 410 g/mol. The molecule has 1 unspecified atom stereocenters. The lowest BCUT2D eigenvalue weighted by atomic mass is 9.75. The minimum absolute atomic E-state index is 0.518. The maximum Gasteiger partial charge on any atom is 0.335 e. The standard InChI is InChI=1S/C29H25NO3/c31-21-29(28(32)33,26(22-13-5-1-6-14-22)23-15-7-2-8-16-23)30-27(24-17-9-3-10-18-24)25-19-11-4-12-20-25/h1-20,26,31H,21H2,(H,32,33). The number of aliphatic hydroxyl groups excluding tert-OH is 1. The van der Waals surface area contributed by atoms with E-state index in [0.717, 1.165) is 22.3 Å². The highest BCUT2D eigenvalue weighted by molar-refractivity contribution is 6.14. The molecule has 0 heterocycles. The summed E-state index contributed by atoms with van der Waals surface area (Å²) in [4.78, 5) is 17.9. The second-order valence-electron chi connectivity index (χ2n) is 7.83. The summed E-state index contributed by atoms with van der Waals surface area (Å²) in [5.41, 5.74) is 1.77. The number of aliphatic carboxylic acids is 1. The van der Waals surface area contributed by atoms with Crippen molar-refractivity contribution in [3.05, 3.63) is 144 Å². The molecule has 4 nitrogen and oxygen atoms in total. The van der Waals surface area contributed by atoms with Gasteiger partial charge in [0, 0.05) is 17.0 Å². The molecule has 164 valence electrons. The van der Waals surface area contributed by atoms with Crippen LogP contribution in [-0.4, -0.2) is 34.0 Å². The molecule has 0 aliphatic heterocycles. The molecule has 1 atom stereocenters. The molecule has 4 rings (SSSR count). The van der Waals surface area contributed by atoms with Crippen molar-refractivity contribution in [2.24, 2.45) is 4.99 Å². The van der Waals surface area contributed by atoms with Gasteiger partial charge in [-0.25, -0.2) is 4.79 Å². The van der Waals surface area contributed by atoms with Crippen LogP contribution in [0.15, 0.2) is 126 Å². The van der Waals surface area contributed by atoms with Crippen LogP contribution in [-0.2, 0) is 4.79 Å². The molecule has 4 aromatic carbocycles. The number of carboxylic acids is 1. The van der Waals surface area contributed by atoms with Crippen molar-refractivity contribution in [3.8, 4) is 0 Å². The maximum atomic E-state index is 13.0. The van der Waals surface area contributed by atoms with Gasteiger partial charge < -0.3 is 10.2 Å². The Kier molecular flexibility index (Phi) is 6.77. The molecule has 0 bridgehead atoms. The van der Waals surface area contributed by atoms with Gasteiger partial charge in [-0.3, -0.25) is 4.99 Å².